The highest BCUT2D eigenvalue weighted by Crippen LogP contribution is 2.25. The Hall–Kier alpha value is -2.10. The first-order valence-electron chi connectivity index (χ1n) is 7.99. The van der Waals surface area contributed by atoms with Crippen LogP contribution in [0.1, 0.15) is 5.76 Å². The molecule has 0 spiro atoms. The molecular formula is C18H15Cl2N3O3S2. The summed E-state index contributed by atoms with van der Waals surface area (Å²) < 4.78 is 32.2. The zero-order chi connectivity index (χ0) is 20.1. The summed E-state index contributed by atoms with van der Waals surface area (Å²) in [6.07, 6.45) is 1.49. The van der Waals surface area contributed by atoms with Gasteiger partial charge in [0.2, 0.25) is 10.0 Å². The van der Waals surface area contributed by atoms with Crippen LogP contribution in [0.3, 0.4) is 0 Å². The quantitative estimate of drug-likeness (QED) is 0.459. The summed E-state index contributed by atoms with van der Waals surface area (Å²) in [6, 6.07) is 14.6. The van der Waals surface area contributed by atoms with E-state index in [0.29, 0.717) is 32.3 Å². The van der Waals surface area contributed by atoms with Gasteiger partial charge >= 0.3 is 0 Å². The molecule has 0 aliphatic rings. The Balaban J connectivity index is 1.60. The average molecular weight is 456 g/mol. The van der Waals surface area contributed by atoms with E-state index < -0.39 is 10.0 Å². The third-order valence-corrected chi connectivity index (χ3v) is 5.98. The number of furan rings is 1. The van der Waals surface area contributed by atoms with Crippen molar-refractivity contribution in [2.24, 2.45) is 0 Å². The van der Waals surface area contributed by atoms with Crippen LogP contribution in [0.2, 0.25) is 10.0 Å². The van der Waals surface area contributed by atoms with Gasteiger partial charge in [0.05, 0.1) is 27.7 Å². The molecule has 6 nitrogen and oxygen atoms in total. The lowest BCUT2D eigenvalue weighted by molar-refractivity contribution is 0.498. The van der Waals surface area contributed by atoms with Crippen LogP contribution >= 0.6 is 35.4 Å². The molecule has 0 aliphatic carbocycles. The van der Waals surface area contributed by atoms with E-state index in [-0.39, 0.29) is 11.4 Å². The predicted octanol–water partition coefficient (Wildman–Crippen LogP) is 4.87. The van der Waals surface area contributed by atoms with Crippen LogP contribution < -0.4 is 15.4 Å². The number of halogens is 2. The molecule has 3 rings (SSSR count). The largest absolute Gasteiger partial charge is 0.468 e. The molecule has 0 bridgehead atoms. The highest BCUT2D eigenvalue weighted by molar-refractivity contribution is 7.89. The van der Waals surface area contributed by atoms with Crippen molar-refractivity contribution in [1.82, 2.24) is 4.72 Å². The molecule has 10 heteroatoms. The number of rotatable bonds is 6. The zero-order valence-electron chi connectivity index (χ0n) is 14.3. The molecule has 0 fully saturated rings. The molecule has 1 aromatic heterocycles. The maximum atomic E-state index is 12.3. The minimum Gasteiger partial charge on any atom is -0.468 e. The van der Waals surface area contributed by atoms with Gasteiger partial charge in [0.15, 0.2) is 5.11 Å². The third kappa shape index (κ3) is 5.46. The summed E-state index contributed by atoms with van der Waals surface area (Å²) in [5.74, 6) is 0.528. The Labute approximate surface area is 177 Å². The van der Waals surface area contributed by atoms with Crippen molar-refractivity contribution < 1.29 is 12.8 Å². The Morgan fingerprint density at radius 1 is 0.964 bits per heavy atom. The van der Waals surface area contributed by atoms with Crippen LogP contribution in [0.5, 0.6) is 0 Å². The molecule has 146 valence electrons. The van der Waals surface area contributed by atoms with Crippen LogP contribution in [0.25, 0.3) is 0 Å². The lowest BCUT2D eigenvalue weighted by Crippen LogP contribution is -2.23. The number of sulfonamides is 1. The number of hydrogen-bond acceptors (Lipinski definition) is 4. The predicted molar refractivity (Wildman–Crippen MR) is 115 cm³/mol. The van der Waals surface area contributed by atoms with Crippen molar-refractivity contribution in [3.8, 4) is 0 Å². The zero-order valence-corrected chi connectivity index (χ0v) is 17.4. The van der Waals surface area contributed by atoms with E-state index in [4.69, 9.17) is 39.8 Å². The molecule has 3 aromatic rings. The lowest BCUT2D eigenvalue weighted by Gasteiger charge is -2.12. The lowest BCUT2D eigenvalue weighted by atomic mass is 10.3. The Bertz CT molecular complexity index is 1070. The Kier molecular flexibility index (Phi) is 6.58. The smallest absolute Gasteiger partial charge is 0.240 e. The molecule has 0 atom stereocenters. The van der Waals surface area contributed by atoms with Gasteiger partial charge in [0, 0.05) is 11.4 Å². The first-order valence-corrected chi connectivity index (χ1v) is 10.6. The van der Waals surface area contributed by atoms with Crippen LogP contribution in [0, 0.1) is 0 Å². The molecular weight excluding hydrogens is 441 g/mol. The molecule has 0 saturated heterocycles. The maximum Gasteiger partial charge on any atom is 0.240 e. The van der Waals surface area contributed by atoms with Crippen molar-refractivity contribution in [3.05, 3.63) is 76.7 Å². The van der Waals surface area contributed by atoms with Crippen LogP contribution in [-0.4, -0.2) is 13.5 Å². The standard InChI is InChI=1S/C18H15Cl2N3O3S2/c19-16-8-5-13(10-17(16)20)23-18(27)22-12-3-6-15(7-4-12)28(24,25)21-11-14-2-1-9-26-14/h1-10,21H,11H2,(H2,22,23,27). The van der Waals surface area contributed by atoms with Gasteiger partial charge in [-0.25, -0.2) is 13.1 Å². The maximum absolute atomic E-state index is 12.3. The topological polar surface area (TPSA) is 83.4 Å². The molecule has 0 radical (unpaired) electrons. The normalized spacial score (nSPS) is 11.2. The molecule has 0 aliphatic heterocycles. The fourth-order valence-corrected chi connectivity index (χ4v) is 3.77. The average Bonchev–Trinajstić information content (AvgIpc) is 3.17. The molecule has 1 heterocycles. The third-order valence-electron chi connectivity index (χ3n) is 3.62. The van der Waals surface area contributed by atoms with Crippen molar-refractivity contribution >= 4 is 61.9 Å². The van der Waals surface area contributed by atoms with E-state index in [1.54, 1.807) is 42.5 Å². The number of nitrogens with one attached hydrogen (secondary N) is 3. The monoisotopic (exact) mass is 455 g/mol. The van der Waals surface area contributed by atoms with E-state index in [0.717, 1.165) is 0 Å². The van der Waals surface area contributed by atoms with Gasteiger partial charge in [0.1, 0.15) is 5.76 Å². The first-order chi connectivity index (χ1) is 13.3. The van der Waals surface area contributed by atoms with Gasteiger partial charge in [-0.15, -0.1) is 0 Å². The second kappa shape index (κ2) is 8.93. The van der Waals surface area contributed by atoms with Crippen molar-refractivity contribution in [2.45, 2.75) is 11.4 Å². The van der Waals surface area contributed by atoms with Gasteiger partial charge in [-0.3, -0.25) is 0 Å². The summed E-state index contributed by atoms with van der Waals surface area (Å²) in [4.78, 5) is 0.132. The summed E-state index contributed by atoms with van der Waals surface area (Å²) in [5, 5.41) is 7.13. The summed E-state index contributed by atoms with van der Waals surface area (Å²) in [5.41, 5.74) is 1.30. The molecule has 0 amide bonds. The second-order valence-electron chi connectivity index (χ2n) is 5.64. The second-order valence-corrected chi connectivity index (χ2v) is 8.63. The van der Waals surface area contributed by atoms with E-state index in [2.05, 4.69) is 15.4 Å². The molecule has 3 N–H and O–H groups in total. The van der Waals surface area contributed by atoms with Crippen molar-refractivity contribution in [2.75, 3.05) is 10.6 Å². The van der Waals surface area contributed by atoms with Gasteiger partial charge in [-0.1, -0.05) is 23.2 Å². The van der Waals surface area contributed by atoms with Gasteiger partial charge < -0.3 is 15.1 Å². The first kappa shape index (κ1) is 20.6. The van der Waals surface area contributed by atoms with E-state index in [1.165, 1.54) is 18.4 Å². The molecule has 0 saturated carbocycles. The van der Waals surface area contributed by atoms with E-state index in [1.807, 2.05) is 0 Å². The Morgan fingerprint density at radius 3 is 2.29 bits per heavy atom. The summed E-state index contributed by atoms with van der Waals surface area (Å²) in [6.45, 7) is 0.0764. The molecule has 2 aromatic carbocycles. The van der Waals surface area contributed by atoms with Gasteiger partial charge in [0.25, 0.3) is 0 Å². The van der Waals surface area contributed by atoms with Gasteiger partial charge in [-0.2, -0.15) is 0 Å². The van der Waals surface area contributed by atoms with E-state index in [9.17, 15) is 8.42 Å². The summed E-state index contributed by atoms with van der Waals surface area (Å²) in [7, 11) is -3.65. The van der Waals surface area contributed by atoms with Crippen LogP contribution in [-0.2, 0) is 16.6 Å². The molecule has 0 unspecified atom stereocenters. The number of anilines is 2. The Morgan fingerprint density at radius 2 is 1.64 bits per heavy atom. The van der Waals surface area contributed by atoms with Crippen LogP contribution in [0.4, 0.5) is 11.4 Å². The van der Waals surface area contributed by atoms with Gasteiger partial charge in [-0.05, 0) is 66.8 Å². The minimum atomic E-state index is -3.65. The SMILES string of the molecule is O=S(=O)(NCc1ccco1)c1ccc(NC(=S)Nc2ccc(Cl)c(Cl)c2)cc1. The fraction of sp³-hybridized carbons (Fsp3) is 0.0556. The van der Waals surface area contributed by atoms with Crippen molar-refractivity contribution in [1.29, 1.82) is 0 Å². The minimum absolute atomic E-state index is 0.0764. The number of benzene rings is 2. The molecule has 28 heavy (non-hydrogen) atoms. The number of hydrogen-bond donors (Lipinski definition) is 3. The van der Waals surface area contributed by atoms with E-state index >= 15 is 0 Å². The summed E-state index contributed by atoms with van der Waals surface area (Å²) >= 11 is 17.1. The fourth-order valence-electron chi connectivity index (χ4n) is 2.25. The van der Waals surface area contributed by atoms with Crippen molar-refractivity contribution in [3.63, 3.8) is 0 Å². The van der Waals surface area contributed by atoms with Crippen LogP contribution in [0.15, 0.2) is 70.2 Å². The highest BCUT2D eigenvalue weighted by atomic mass is 35.5. The highest BCUT2D eigenvalue weighted by Gasteiger charge is 2.14. The number of thiocarbonyl (C=S) groups is 1.